The molecule has 0 spiro atoms. The summed E-state index contributed by atoms with van der Waals surface area (Å²) in [6.45, 7) is 2.23. The van der Waals surface area contributed by atoms with Crippen LogP contribution in [0.4, 0.5) is 11.5 Å². The lowest BCUT2D eigenvalue weighted by atomic mass is 10.2. The molecule has 7 heteroatoms. The van der Waals surface area contributed by atoms with E-state index < -0.39 is 16.9 Å². The first-order valence-electron chi connectivity index (χ1n) is 5.61. The SMILES string of the molecule is Cc1cc(N2CCC[C@H]2C(=O)O)ncc1[N+](=O)[O-]. The van der Waals surface area contributed by atoms with Crippen LogP contribution in [0.5, 0.6) is 0 Å². The first-order valence-corrected chi connectivity index (χ1v) is 5.61. The van der Waals surface area contributed by atoms with E-state index in [0.29, 0.717) is 24.3 Å². The van der Waals surface area contributed by atoms with E-state index in [-0.39, 0.29) is 5.69 Å². The summed E-state index contributed by atoms with van der Waals surface area (Å²) in [4.78, 5) is 26.9. The third kappa shape index (κ3) is 2.11. The molecule has 1 saturated heterocycles. The number of anilines is 1. The van der Waals surface area contributed by atoms with Crippen molar-refractivity contribution in [3.8, 4) is 0 Å². The highest BCUT2D eigenvalue weighted by Crippen LogP contribution is 2.27. The van der Waals surface area contributed by atoms with Crippen LogP contribution in [-0.4, -0.2) is 33.6 Å². The lowest BCUT2D eigenvalue weighted by molar-refractivity contribution is -0.385. The number of hydrogen-bond acceptors (Lipinski definition) is 5. The maximum Gasteiger partial charge on any atom is 0.326 e. The first-order chi connectivity index (χ1) is 8.50. The van der Waals surface area contributed by atoms with Crippen LogP contribution in [0.3, 0.4) is 0 Å². The normalized spacial score (nSPS) is 18.9. The van der Waals surface area contributed by atoms with E-state index in [2.05, 4.69) is 4.98 Å². The highest BCUT2D eigenvalue weighted by atomic mass is 16.6. The molecule has 1 aromatic rings. The maximum absolute atomic E-state index is 11.1. The Labute approximate surface area is 103 Å². The fourth-order valence-corrected chi connectivity index (χ4v) is 2.18. The fourth-order valence-electron chi connectivity index (χ4n) is 2.18. The summed E-state index contributed by atoms with van der Waals surface area (Å²) < 4.78 is 0. The van der Waals surface area contributed by atoms with Crippen molar-refractivity contribution in [1.29, 1.82) is 0 Å². The molecule has 1 atom stereocenters. The van der Waals surface area contributed by atoms with Gasteiger partial charge in [0.05, 0.1) is 4.92 Å². The van der Waals surface area contributed by atoms with Crippen molar-refractivity contribution in [3.63, 3.8) is 0 Å². The van der Waals surface area contributed by atoms with Gasteiger partial charge in [0, 0.05) is 12.1 Å². The van der Waals surface area contributed by atoms with Gasteiger partial charge in [-0.25, -0.2) is 9.78 Å². The summed E-state index contributed by atoms with van der Waals surface area (Å²) in [5.74, 6) is -0.395. The van der Waals surface area contributed by atoms with Gasteiger partial charge in [0.25, 0.3) is 5.69 Å². The van der Waals surface area contributed by atoms with Crippen LogP contribution in [0, 0.1) is 17.0 Å². The number of rotatable bonds is 3. The van der Waals surface area contributed by atoms with Gasteiger partial charge in [-0.2, -0.15) is 0 Å². The van der Waals surface area contributed by atoms with Gasteiger partial charge < -0.3 is 10.0 Å². The molecule has 7 nitrogen and oxygen atoms in total. The maximum atomic E-state index is 11.1. The second-order valence-corrected chi connectivity index (χ2v) is 4.28. The third-order valence-corrected chi connectivity index (χ3v) is 3.10. The van der Waals surface area contributed by atoms with Crippen molar-refractivity contribution in [3.05, 3.63) is 27.9 Å². The lowest BCUT2D eigenvalue weighted by Gasteiger charge is -2.22. The molecule has 1 aromatic heterocycles. The molecule has 1 N–H and O–H groups in total. The van der Waals surface area contributed by atoms with Gasteiger partial charge in [0.15, 0.2) is 0 Å². The summed E-state index contributed by atoms with van der Waals surface area (Å²) in [7, 11) is 0. The molecule has 0 unspecified atom stereocenters. The molecule has 0 aliphatic carbocycles. The standard InChI is InChI=1S/C11H13N3O4/c1-7-5-10(12-6-9(7)14(17)18)13-4-2-3-8(13)11(15)16/h5-6,8H,2-4H2,1H3,(H,15,16)/t8-/m0/s1. The molecular formula is C11H13N3O4. The van der Waals surface area contributed by atoms with Crippen LogP contribution >= 0.6 is 0 Å². The minimum atomic E-state index is -0.884. The van der Waals surface area contributed by atoms with Crippen molar-refractivity contribution >= 4 is 17.5 Å². The lowest BCUT2D eigenvalue weighted by Crippen LogP contribution is -2.36. The van der Waals surface area contributed by atoms with E-state index in [1.807, 2.05) is 0 Å². The highest BCUT2D eigenvalue weighted by molar-refractivity contribution is 5.78. The Morgan fingerprint density at radius 3 is 2.94 bits per heavy atom. The van der Waals surface area contributed by atoms with Crippen molar-refractivity contribution in [2.45, 2.75) is 25.8 Å². The molecule has 1 aliphatic heterocycles. The number of carbonyl (C=O) groups is 1. The van der Waals surface area contributed by atoms with E-state index >= 15 is 0 Å². The average molecular weight is 251 g/mol. The van der Waals surface area contributed by atoms with Crippen molar-refractivity contribution in [1.82, 2.24) is 4.98 Å². The van der Waals surface area contributed by atoms with Crippen LogP contribution in [0.1, 0.15) is 18.4 Å². The Hall–Kier alpha value is -2.18. The zero-order valence-corrected chi connectivity index (χ0v) is 9.87. The molecule has 18 heavy (non-hydrogen) atoms. The predicted octanol–water partition coefficient (Wildman–Crippen LogP) is 1.35. The third-order valence-electron chi connectivity index (χ3n) is 3.10. The topological polar surface area (TPSA) is 96.6 Å². The van der Waals surface area contributed by atoms with Gasteiger partial charge in [-0.15, -0.1) is 0 Å². The van der Waals surface area contributed by atoms with Crippen LogP contribution in [0.25, 0.3) is 0 Å². The molecule has 2 rings (SSSR count). The van der Waals surface area contributed by atoms with E-state index in [0.717, 1.165) is 6.42 Å². The monoisotopic (exact) mass is 251 g/mol. The summed E-state index contributed by atoms with van der Waals surface area (Å²) in [5.41, 5.74) is 0.436. The van der Waals surface area contributed by atoms with Crippen molar-refractivity contribution in [2.24, 2.45) is 0 Å². The molecular weight excluding hydrogens is 238 g/mol. The quantitative estimate of drug-likeness (QED) is 0.643. The molecule has 0 bridgehead atoms. The smallest absolute Gasteiger partial charge is 0.326 e. The number of carboxylic acids is 1. The van der Waals surface area contributed by atoms with Crippen molar-refractivity contribution < 1.29 is 14.8 Å². The van der Waals surface area contributed by atoms with Gasteiger partial charge >= 0.3 is 5.97 Å². The number of aryl methyl sites for hydroxylation is 1. The van der Waals surface area contributed by atoms with Gasteiger partial charge in [0.1, 0.15) is 18.1 Å². The van der Waals surface area contributed by atoms with Crippen LogP contribution in [-0.2, 0) is 4.79 Å². The number of nitrogens with zero attached hydrogens (tertiary/aromatic N) is 3. The zero-order valence-electron chi connectivity index (χ0n) is 9.87. The summed E-state index contributed by atoms with van der Waals surface area (Å²) in [6, 6.07) is 0.984. The Morgan fingerprint density at radius 1 is 1.67 bits per heavy atom. The van der Waals surface area contributed by atoms with E-state index in [1.165, 1.54) is 6.20 Å². The van der Waals surface area contributed by atoms with E-state index in [4.69, 9.17) is 5.11 Å². The second-order valence-electron chi connectivity index (χ2n) is 4.28. The Balaban J connectivity index is 2.32. The van der Waals surface area contributed by atoms with Gasteiger partial charge in [-0.05, 0) is 25.8 Å². The number of nitro groups is 1. The van der Waals surface area contributed by atoms with E-state index in [9.17, 15) is 14.9 Å². The van der Waals surface area contributed by atoms with Gasteiger partial charge in [-0.3, -0.25) is 10.1 Å². The number of aromatic nitrogens is 1. The van der Waals surface area contributed by atoms with Crippen LogP contribution < -0.4 is 4.90 Å². The fraction of sp³-hybridized carbons (Fsp3) is 0.455. The molecule has 1 fully saturated rings. The molecule has 0 saturated carbocycles. The van der Waals surface area contributed by atoms with Gasteiger partial charge in [-0.1, -0.05) is 0 Å². The minimum absolute atomic E-state index is 0.0511. The summed E-state index contributed by atoms with van der Waals surface area (Å²) in [5, 5.41) is 19.8. The van der Waals surface area contributed by atoms with Crippen LogP contribution in [0.2, 0.25) is 0 Å². The molecule has 0 aromatic carbocycles. The summed E-state index contributed by atoms with van der Waals surface area (Å²) in [6.07, 6.45) is 2.55. The molecule has 1 aliphatic rings. The minimum Gasteiger partial charge on any atom is -0.480 e. The van der Waals surface area contributed by atoms with Gasteiger partial charge in [0.2, 0.25) is 0 Å². The average Bonchev–Trinajstić information content (AvgIpc) is 2.77. The van der Waals surface area contributed by atoms with Crippen molar-refractivity contribution in [2.75, 3.05) is 11.4 Å². The molecule has 0 radical (unpaired) electrons. The molecule has 96 valence electrons. The summed E-state index contributed by atoms with van der Waals surface area (Å²) >= 11 is 0. The number of carboxylic acid groups (broad SMARTS) is 1. The molecule has 2 heterocycles. The Kier molecular flexibility index (Phi) is 3.14. The Bertz CT molecular complexity index is 503. The molecule has 0 amide bonds. The van der Waals surface area contributed by atoms with E-state index in [1.54, 1.807) is 17.9 Å². The number of aliphatic carboxylic acids is 1. The zero-order chi connectivity index (χ0) is 13.3. The number of hydrogen-bond donors (Lipinski definition) is 1. The van der Waals surface area contributed by atoms with Crippen LogP contribution in [0.15, 0.2) is 12.3 Å². The largest absolute Gasteiger partial charge is 0.480 e. The first kappa shape index (κ1) is 12.3. The Morgan fingerprint density at radius 2 is 2.39 bits per heavy atom. The predicted molar refractivity (Wildman–Crippen MR) is 63.6 cm³/mol. The highest BCUT2D eigenvalue weighted by Gasteiger charge is 2.31. The number of pyridine rings is 1. The second kappa shape index (κ2) is 4.59.